The molecule has 0 unspecified atom stereocenters. The summed E-state index contributed by atoms with van der Waals surface area (Å²) in [4.78, 5) is 27.9. The van der Waals surface area contributed by atoms with Crippen molar-refractivity contribution in [2.75, 3.05) is 16.8 Å². The van der Waals surface area contributed by atoms with Crippen molar-refractivity contribution in [3.63, 3.8) is 0 Å². The third-order valence-corrected chi connectivity index (χ3v) is 7.27. The molecule has 0 saturated heterocycles. The molecule has 4 aromatic heterocycles. The number of aliphatic hydroxyl groups is 1. The van der Waals surface area contributed by atoms with Gasteiger partial charge in [-0.05, 0) is 61.1 Å². The van der Waals surface area contributed by atoms with Gasteiger partial charge < -0.3 is 24.5 Å². The topological polar surface area (TPSA) is 101 Å². The minimum atomic E-state index is -0.169. The van der Waals surface area contributed by atoms with Gasteiger partial charge in [0.1, 0.15) is 23.7 Å². The Kier molecular flexibility index (Phi) is 5.77. The number of hydrogen-bond acceptors (Lipinski definition) is 7. The van der Waals surface area contributed by atoms with Crippen molar-refractivity contribution in [3.8, 4) is 11.1 Å². The highest BCUT2D eigenvalue weighted by Gasteiger charge is 2.26. The summed E-state index contributed by atoms with van der Waals surface area (Å²) < 4.78 is 4.03. The molecule has 9 nitrogen and oxygen atoms in total. The monoisotopic (exact) mass is 483 g/mol. The van der Waals surface area contributed by atoms with Gasteiger partial charge in [-0.2, -0.15) is 0 Å². The molecule has 1 aliphatic carbocycles. The van der Waals surface area contributed by atoms with E-state index in [-0.39, 0.29) is 12.2 Å². The predicted molar refractivity (Wildman–Crippen MR) is 138 cm³/mol. The van der Waals surface area contributed by atoms with Crippen LogP contribution < -0.4 is 15.8 Å². The van der Waals surface area contributed by atoms with E-state index in [0.29, 0.717) is 11.5 Å². The lowest BCUT2D eigenvalue weighted by molar-refractivity contribution is 0.282. The van der Waals surface area contributed by atoms with Crippen molar-refractivity contribution in [2.45, 2.75) is 45.4 Å². The van der Waals surface area contributed by atoms with E-state index in [4.69, 9.17) is 4.98 Å². The maximum Gasteiger partial charge on any atom is 0.274 e. The van der Waals surface area contributed by atoms with Crippen LogP contribution in [0, 0.1) is 0 Å². The van der Waals surface area contributed by atoms with E-state index in [1.165, 1.54) is 49.0 Å². The molecule has 184 valence electrons. The summed E-state index contributed by atoms with van der Waals surface area (Å²) in [5.74, 6) is 1.33. The molecule has 1 aliphatic heterocycles. The Morgan fingerprint density at radius 3 is 2.81 bits per heavy atom. The Hall–Kier alpha value is -3.98. The summed E-state index contributed by atoms with van der Waals surface area (Å²) in [7, 11) is 1.72. The average Bonchev–Trinajstić information content (AvgIpc) is 3.29. The summed E-state index contributed by atoms with van der Waals surface area (Å²) in [6.45, 7) is 2.38. The molecule has 0 aromatic carbocycles. The first-order valence-corrected chi connectivity index (χ1v) is 12.4. The number of anilines is 3. The first-order valence-electron chi connectivity index (χ1n) is 12.4. The van der Waals surface area contributed by atoms with Gasteiger partial charge in [-0.25, -0.2) is 15.0 Å². The Morgan fingerprint density at radius 2 is 1.97 bits per heavy atom. The molecule has 0 amide bonds. The maximum absolute atomic E-state index is 12.8. The van der Waals surface area contributed by atoms with Crippen molar-refractivity contribution in [1.29, 1.82) is 0 Å². The lowest BCUT2D eigenvalue weighted by atomic mass is 9.98. The number of fused-ring (bicyclic) bond motifs is 3. The number of rotatable bonds is 5. The van der Waals surface area contributed by atoms with Crippen molar-refractivity contribution in [2.24, 2.45) is 7.05 Å². The summed E-state index contributed by atoms with van der Waals surface area (Å²) >= 11 is 0. The molecular weight excluding hydrogens is 454 g/mol. The van der Waals surface area contributed by atoms with Crippen molar-refractivity contribution in [1.82, 2.24) is 24.1 Å². The van der Waals surface area contributed by atoms with E-state index in [2.05, 4.69) is 30.8 Å². The van der Waals surface area contributed by atoms with Gasteiger partial charge >= 0.3 is 0 Å². The molecule has 0 bridgehead atoms. The van der Waals surface area contributed by atoms with Gasteiger partial charge in [0.15, 0.2) is 0 Å². The standard InChI is InChI=1S/C27H29N7O2/c1-32-14-19(13-23(27(32)36)31-25-7-8-28-17-30-25)21-6-9-29-26(22(21)16-35)33-10-11-34-20(15-33)12-18-4-2-3-5-24(18)34/h6-9,12-14,17,35H,2-5,10-11,15-16H2,1H3,(H,28,30,31). The Labute approximate surface area is 209 Å². The zero-order valence-electron chi connectivity index (χ0n) is 20.3. The number of aromatic nitrogens is 5. The fourth-order valence-corrected chi connectivity index (χ4v) is 5.55. The minimum absolute atomic E-state index is 0.149. The molecule has 0 fully saturated rings. The van der Waals surface area contributed by atoms with Gasteiger partial charge in [0.25, 0.3) is 5.56 Å². The number of aryl methyl sites for hydroxylation is 2. The summed E-state index contributed by atoms with van der Waals surface area (Å²) in [6.07, 6.45) is 11.5. The smallest absolute Gasteiger partial charge is 0.274 e. The van der Waals surface area contributed by atoms with Crippen molar-refractivity contribution >= 4 is 17.3 Å². The van der Waals surface area contributed by atoms with E-state index >= 15 is 0 Å². The SMILES string of the molecule is Cn1cc(-c2ccnc(N3CCn4c(cc5c4CCCC5)C3)c2CO)cc(Nc2ccncn2)c1=O. The van der Waals surface area contributed by atoms with Crippen LogP contribution in [0.5, 0.6) is 0 Å². The normalized spacial score (nSPS) is 14.9. The zero-order valence-corrected chi connectivity index (χ0v) is 20.3. The van der Waals surface area contributed by atoms with Crippen LogP contribution in [0.3, 0.4) is 0 Å². The highest BCUT2D eigenvalue weighted by Crippen LogP contribution is 2.34. The van der Waals surface area contributed by atoms with E-state index in [0.717, 1.165) is 42.1 Å². The minimum Gasteiger partial charge on any atom is -0.392 e. The van der Waals surface area contributed by atoms with Crippen LogP contribution in [0.15, 0.2) is 54.0 Å². The second-order valence-electron chi connectivity index (χ2n) is 9.48. The van der Waals surface area contributed by atoms with Crippen molar-refractivity contribution in [3.05, 3.63) is 82.1 Å². The molecule has 6 rings (SSSR count). The van der Waals surface area contributed by atoms with Crippen LogP contribution >= 0.6 is 0 Å². The number of aliphatic hydroxyl groups excluding tert-OH is 1. The molecule has 4 aromatic rings. The molecule has 2 N–H and O–H groups in total. The van der Waals surface area contributed by atoms with Gasteiger partial charge in [-0.3, -0.25) is 4.79 Å². The lowest BCUT2D eigenvalue weighted by Crippen LogP contribution is -2.35. The quantitative estimate of drug-likeness (QED) is 0.450. The summed E-state index contributed by atoms with van der Waals surface area (Å²) in [5.41, 5.74) is 6.98. The number of nitrogens with one attached hydrogen (secondary N) is 1. The molecule has 0 atom stereocenters. The van der Waals surface area contributed by atoms with E-state index in [1.807, 2.05) is 6.07 Å². The number of pyridine rings is 2. The molecule has 2 aliphatic rings. The summed E-state index contributed by atoms with van der Waals surface area (Å²) in [6, 6.07) is 7.77. The van der Waals surface area contributed by atoms with Gasteiger partial charge in [0, 0.05) is 61.2 Å². The second-order valence-corrected chi connectivity index (χ2v) is 9.48. The Balaban J connectivity index is 1.36. The van der Waals surface area contributed by atoms with E-state index in [1.54, 1.807) is 42.3 Å². The summed E-state index contributed by atoms with van der Waals surface area (Å²) in [5, 5.41) is 13.6. The zero-order chi connectivity index (χ0) is 24.6. The maximum atomic E-state index is 12.8. The van der Waals surface area contributed by atoms with Crippen LogP contribution in [0.4, 0.5) is 17.3 Å². The highest BCUT2D eigenvalue weighted by molar-refractivity contribution is 5.75. The predicted octanol–water partition coefficient (Wildman–Crippen LogP) is 3.17. The van der Waals surface area contributed by atoms with E-state index in [9.17, 15) is 9.90 Å². The van der Waals surface area contributed by atoms with Gasteiger partial charge in [0.05, 0.1) is 13.2 Å². The molecule has 5 heterocycles. The first-order chi connectivity index (χ1) is 17.6. The first kappa shape index (κ1) is 22.5. The fourth-order valence-electron chi connectivity index (χ4n) is 5.55. The number of hydrogen-bond donors (Lipinski definition) is 2. The van der Waals surface area contributed by atoms with Crippen LogP contribution in [0.1, 0.15) is 35.4 Å². The largest absolute Gasteiger partial charge is 0.392 e. The van der Waals surface area contributed by atoms with Gasteiger partial charge in [-0.1, -0.05) is 0 Å². The van der Waals surface area contributed by atoms with Crippen LogP contribution in [-0.4, -0.2) is 35.7 Å². The Bertz CT molecular complexity index is 1480. The van der Waals surface area contributed by atoms with E-state index < -0.39 is 0 Å². The third-order valence-electron chi connectivity index (χ3n) is 7.27. The molecule has 9 heteroatoms. The fraction of sp³-hybridized carbons (Fsp3) is 0.333. The Morgan fingerprint density at radius 1 is 1.08 bits per heavy atom. The van der Waals surface area contributed by atoms with Crippen LogP contribution in [0.2, 0.25) is 0 Å². The third kappa shape index (κ3) is 3.95. The molecule has 0 saturated carbocycles. The van der Waals surface area contributed by atoms with Crippen molar-refractivity contribution < 1.29 is 5.11 Å². The molecule has 0 radical (unpaired) electrons. The number of nitrogens with zero attached hydrogens (tertiary/aromatic N) is 6. The molecule has 0 spiro atoms. The lowest BCUT2D eigenvalue weighted by Gasteiger charge is -2.32. The molecular formula is C27H29N7O2. The van der Waals surface area contributed by atoms with Crippen LogP contribution in [-0.2, 0) is 39.6 Å². The highest BCUT2D eigenvalue weighted by atomic mass is 16.3. The van der Waals surface area contributed by atoms with Gasteiger partial charge in [0.2, 0.25) is 0 Å². The van der Waals surface area contributed by atoms with Gasteiger partial charge in [-0.15, -0.1) is 0 Å². The molecule has 36 heavy (non-hydrogen) atoms. The average molecular weight is 484 g/mol. The van der Waals surface area contributed by atoms with Crippen LogP contribution in [0.25, 0.3) is 11.1 Å². The second kappa shape index (κ2) is 9.23.